The van der Waals surface area contributed by atoms with E-state index in [4.69, 9.17) is 9.47 Å². The highest BCUT2D eigenvalue weighted by Crippen LogP contribution is 2.31. The summed E-state index contributed by atoms with van der Waals surface area (Å²) in [5, 5.41) is 11.0. The van der Waals surface area contributed by atoms with E-state index in [1.165, 1.54) is 37.1 Å². The summed E-state index contributed by atoms with van der Waals surface area (Å²) in [5.74, 6) is -1.09. The molecule has 0 aliphatic heterocycles. The van der Waals surface area contributed by atoms with Crippen LogP contribution < -0.4 is 15.0 Å². The minimum Gasteiger partial charge on any atom is -0.497 e. The number of ether oxygens (including phenoxy) is 2. The normalized spacial score (nSPS) is 11.8. The Hall–Kier alpha value is -4.31. The van der Waals surface area contributed by atoms with Crippen molar-refractivity contribution in [3.05, 3.63) is 84.2 Å². The maximum atomic E-state index is 15.1. The quantitative estimate of drug-likeness (QED) is 0.342. The molecule has 0 aliphatic carbocycles. The van der Waals surface area contributed by atoms with Crippen LogP contribution >= 0.6 is 0 Å². The minimum absolute atomic E-state index is 0.0327. The molecule has 36 heavy (non-hydrogen) atoms. The number of hydrogen-bond donors (Lipinski definition) is 1. The monoisotopic (exact) mass is 491 g/mol. The maximum Gasteiger partial charge on any atom is 0.249 e. The summed E-state index contributed by atoms with van der Waals surface area (Å²) in [6.07, 6.45) is 0. The van der Waals surface area contributed by atoms with E-state index in [9.17, 15) is 9.59 Å². The number of halogens is 1. The number of anilines is 1. The van der Waals surface area contributed by atoms with Crippen LogP contribution in [0.2, 0.25) is 0 Å². The zero-order valence-corrected chi connectivity index (χ0v) is 19.9. The Labute approximate surface area is 207 Å². The molecular weight excluding hydrogens is 465 g/mol. The molecule has 0 saturated carbocycles. The predicted molar refractivity (Wildman–Crippen MR) is 132 cm³/mol. The number of para-hydroxylation sites is 2. The van der Waals surface area contributed by atoms with Gasteiger partial charge in [-0.05, 0) is 42.0 Å². The average molecular weight is 492 g/mol. The van der Waals surface area contributed by atoms with Crippen molar-refractivity contribution in [1.29, 1.82) is 0 Å². The van der Waals surface area contributed by atoms with E-state index >= 15 is 4.39 Å². The third-order valence-electron chi connectivity index (χ3n) is 5.63. The number of benzene rings is 3. The van der Waals surface area contributed by atoms with Crippen molar-refractivity contribution >= 4 is 28.5 Å². The number of nitrogens with zero attached hydrogens (tertiary/aromatic N) is 4. The lowest BCUT2D eigenvalue weighted by atomic mass is 10.0. The van der Waals surface area contributed by atoms with Crippen LogP contribution in [0.25, 0.3) is 11.0 Å². The van der Waals surface area contributed by atoms with Crippen LogP contribution in [0, 0.1) is 5.82 Å². The molecule has 9 nitrogen and oxygen atoms in total. The molecule has 10 heteroatoms. The SMILES string of the molecule is COCCNC(=O)[C@H](c1ccc(OC)cc1)N(C(=O)Cn1nnc2ccccc21)c1ccccc1F. The number of fused-ring (bicyclic) bond motifs is 1. The van der Waals surface area contributed by atoms with Crippen molar-refractivity contribution < 1.29 is 23.5 Å². The van der Waals surface area contributed by atoms with E-state index in [1.54, 1.807) is 42.5 Å². The zero-order chi connectivity index (χ0) is 25.5. The van der Waals surface area contributed by atoms with Gasteiger partial charge in [-0.25, -0.2) is 9.07 Å². The van der Waals surface area contributed by atoms with Gasteiger partial charge >= 0.3 is 0 Å². The van der Waals surface area contributed by atoms with Crippen LogP contribution in [0.5, 0.6) is 5.75 Å². The second-order valence-corrected chi connectivity index (χ2v) is 7.91. The molecule has 4 rings (SSSR count). The largest absolute Gasteiger partial charge is 0.497 e. The average Bonchev–Trinajstić information content (AvgIpc) is 3.30. The number of amides is 2. The second-order valence-electron chi connectivity index (χ2n) is 7.91. The van der Waals surface area contributed by atoms with Crippen molar-refractivity contribution in [2.45, 2.75) is 12.6 Å². The Kier molecular flexibility index (Phi) is 7.86. The van der Waals surface area contributed by atoms with Gasteiger partial charge in [-0.1, -0.05) is 41.6 Å². The van der Waals surface area contributed by atoms with Crippen LogP contribution in [0.3, 0.4) is 0 Å². The van der Waals surface area contributed by atoms with Gasteiger partial charge in [0.25, 0.3) is 0 Å². The molecule has 1 atom stereocenters. The minimum atomic E-state index is -1.17. The number of hydrogen-bond acceptors (Lipinski definition) is 6. The Morgan fingerprint density at radius 3 is 2.47 bits per heavy atom. The third kappa shape index (κ3) is 5.33. The molecule has 0 radical (unpaired) electrons. The second kappa shape index (κ2) is 11.4. The summed E-state index contributed by atoms with van der Waals surface area (Å²) in [7, 11) is 3.05. The van der Waals surface area contributed by atoms with Gasteiger partial charge in [0.2, 0.25) is 11.8 Å². The molecule has 0 aliphatic rings. The topological polar surface area (TPSA) is 98.6 Å². The molecule has 1 N–H and O–H groups in total. The van der Waals surface area contributed by atoms with Gasteiger partial charge in [0, 0.05) is 13.7 Å². The smallest absolute Gasteiger partial charge is 0.249 e. The molecule has 0 bridgehead atoms. The zero-order valence-electron chi connectivity index (χ0n) is 19.9. The number of carbonyl (C=O) groups is 2. The molecule has 0 unspecified atom stereocenters. The van der Waals surface area contributed by atoms with E-state index < -0.39 is 23.7 Å². The number of nitrogens with one attached hydrogen (secondary N) is 1. The molecule has 1 heterocycles. The standard InChI is InChI=1S/C26H26FN5O4/c1-35-16-15-28-26(34)25(18-11-13-19(36-2)14-12-18)32(22-9-5-3-7-20(22)27)24(33)17-31-23-10-6-4-8-21(23)29-30-31/h3-14,25H,15-17H2,1-2H3,(H,28,34)/t25-/m0/s1. The summed E-state index contributed by atoms with van der Waals surface area (Å²) >= 11 is 0. The van der Waals surface area contributed by atoms with Gasteiger partial charge in [0.1, 0.15) is 29.7 Å². The highest BCUT2D eigenvalue weighted by molar-refractivity contribution is 6.01. The van der Waals surface area contributed by atoms with Crippen molar-refractivity contribution in [1.82, 2.24) is 20.3 Å². The van der Waals surface area contributed by atoms with Gasteiger partial charge < -0.3 is 14.8 Å². The first-order chi connectivity index (χ1) is 17.5. The van der Waals surface area contributed by atoms with E-state index in [2.05, 4.69) is 15.6 Å². The fraction of sp³-hybridized carbons (Fsp3) is 0.231. The van der Waals surface area contributed by atoms with Gasteiger partial charge in [-0.15, -0.1) is 5.10 Å². The maximum absolute atomic E-state index is 15.1. The van der Waals surface area contributed by atoms with Gasteiger partial charge in [0.15, 0.2) is 0 Å². The molecule has 0 spiro atoms. The van der Waals surface area contributed by atoms with Crippen molar-refractivity contribution in [3.8, 4) is 5.75 Å². The molecule has 3 aromatic carbocycles. The molecular formula is C26H26FN5O4. The fourth-order valence-corrected chi connectivity index (χ4v) is 3.88. The molecule has 2 amide bonds. The first-order valence-corrected chi connectivity index (χ1v) is 11.3. The van der Waals surface area contributed by atoms with Gasteiger partial charge in [-0.3, -0.25) is 14.5 Å². The third-order valence-corrected chi connectivity index (χ3v) is 5.63. The van der Waals surface area contributed by atoms with Crippen LogP contribution in [0.4, 0.5) is 10.1 Å². The summed E-state index contributed by atoms with van der Waals surface area (Å²) in [6.45, 7) is 0.238. The van der Waals surface area contributed by atoms with Crippen molar-refractivity contribution in [2.24, 2.45) is 0 Å². The number of aromatic nitrogens is 3. The summed E-state index contributed by atoms with van der Waals surface area (Å²) in [4.78, 5) is 28.5. The highest BCUT2D eigenvalue weighted by Gasteiger charge is 2.34. The molecule has 0 fully saturated rings. The van der Waals surface area contributed by atoms with Gasteiger partial charge in [-0.2, -0.15) is 0 Å². The van der Waals surface area contributed by atoms with E-state index in [1.807, 2.05) is 12.1 Å². The van der Waals surface area contributed by atoms with Crippen LogP contribution in [0.1, 0.15) is 11.6 Å². The summed E-state index contributed by atoms with van der Waals surface area (Å²) < 4.78 is 26.8. The first-order valence-electron chi connectivity index (χ1n) is 11.3. The van der Waals surface area contributed by atoms with Crippen molar-refractivity contribution in [2.75, 3.05) is 32.3 Å². The van der Waals surface area contributed by atoms with Crippen LogP contribution in [-0.2, 0) is 20.9 Å². The Morgan fingerprint density at radius 1 is 1.03 bits per heavy atom. The molecule has 1 aromatic heterocycles. The lowest BCUT2D eigenvalue weighted by molar-refractivity contribution is -0.127. The lowest BCUT2D eigenvalue weighted by Crippen LogP contribution is -2.46. The number of methoxy groups -OCH3 is 2. The number of carbonyl (C=O) groups excluding carboxylic acids is 2. The van der Waals surface area contributed by atoms with Crippen LogP contribution in [-0.4, -0.2) is 54.2 Å². The summed E-state index contributed by atoms with van der Waals surface area (Å²) in [5.41, 5.74) is 1.71. The van der Waals surface area contributed by atoms with E-state index in [0.717, 1.165) is 4.90 Å². The fourth-order valence-electron chi connectivity index (χ4n) is 3.88. The Morgan fingerprint density at radius 2 is 1.75 bits per heavy atom. The highest BCUT2D eigenvalue weighted by atomic mass is 19.1. The van der Waals surface area contributed by atoms with E-state index in [-0.39, 0.29) is 25.4 Å². The van der Waals surface area contributed by atoms with Crippen LogP contribution in [0.15, 0.2) is 72.8 Å². The summed E-state index contributed by atoms with van der Waals surface area (Å²) in [6, 6.07) is 18.6. The van der Waals surface area contributed by atoms with E-state index in [0.29, 0.717) is 22.3 Å². The molecule has 0 saturated heterocycles. The Bertz CT molecular complexity index is 1340. The van der Waals surface area contributed by atoms with Gasteiger partial charge in [0.05, 0.1) is 24.9 Å². The molecule has 186 valence electrons. The first kappa shape index (κ1) is 24.8. The van der Waals surface area contributed by atoms with Crippen molar-refractivity contribution in [3.63, 3.8) is 0 Å². The Balaban J connectivity index is 1.79. The lowest BCUT2D eigenvalue weighted by Gasteiger charge is -2.31. The predicted octanol–water partition coefficient (Wildman–Crippen LogP) is 3.12. The molecule has 4 aromatic rings. The number of rotatable bonds is 10.